The van der Waals surface area contributed by atoms with Crippen molar-refractivity contribution < 1.29 is 0 Å². The first kappa shape index (κ1) is 50.5. The van der Waals surface area contributed by atoms with Crippen LogP contribution in [-0.2, 0) is 0 Å². The second kappa shape index (κ2) is 21.0. The summed E-state index contributed by atoms with van der Waals surface area (Å²) >= 11 is 0. The molecule has 0 spiro atoms. The van der Waals surface area contributed by atoms with Gasteiger partial charge in [0.2, 0.25) is 0 Å². The molecule has 0 radical (unpaired) electrons. The molecule has 88 heavy (non-hydrogen) atoms. The molecule has 408 valence electrons. The molecule has 10 aromatic carbocycles. The number of rotatable bonds is 6. The summed E-state index contributed by atoms with van der Waals surface area (Å²) in [7, 11) is 0. The summed E-state index contributed by atoms with van der Waals surface area (Å²) in [6, 6.07) is 97.1. The number of fused-ring (bicyclic) bond motifs is 13. The van der Waals surface area contributed by atoms with Crippen LogP contribution >= 0.6 is 0 Å². The third kappa shape index (κ3) is 8.86. The molecule has 0 N–H and O–H groups in total. The summed E-state index contributed by atoms with van der Waals surface area (Å²) in [5.41, 5.74) is 19.2. The minimum Gasteiger partial charge on any atom is -0.255 e. The van der Waals surface area contributed by atoms with E-state index in [0.29, 0.717) is 0 Å². The average Bonchev–Trinajstić information content (AvgIpc) is 3.57. The normalized spacial score (nSPS) is 11.6. The van der Waals surface area contributed by atoms with Crippen molar-refractivity contribution in [1.82, 2.24) is 39.9 Å². The molecule has 0 amide bonds. The molecule has 0 aliphatic carbocycles. The Morgan fingerprint density at radius 1 is 0.182 bits per heavy atom. The van der Waals surface area contributed by atoms with E-state index < -0.39 is 0 Å². The van der Waals surface area contributed by atoms with E-state index in [-0.39, 0.29) is 0 Å². The first-order valence-electron chi connectivity index (χ1n) is 29.5. The lowest BCUT2D eigenvalue weighted by molar-refractivity contribution is 1.25. The number of benzene rings is 10. The number of hydrogen-bond donors (Lipinski definition) is 0. The number of nitrogens with zero attached hydrogens (tertiary/aromatic N) is 8. The molecule has 0 atom stereocenters. The van der Waals surface area contributed by atoms with Crippen molar-refractivity contribution in [2.45, 2.75) is 0 Å². The van der Waals surface area contributed by atoms with Crippen molar-refractivity contribution in [2.75, 3.05) is 0 Å². The maximum absolute atomic E-state index is 5.23. The zero-order valence-corrected chi connectivity index (χ0v) is 47.3. The predicted octanol–water partition coefficient (Wildman–Crippen LogP) is 20.1. The maximum atomic E-state index is 5.23. The fourth-order valence-corrected chi connectivity index (χ4v) is 12.6. The van der Waals surface area contributed by atoms with Crippen LogP contribution in [0.15, 0.2) is 291 Å². The second-order valence-electron chi connectivity index (χ2n) is 22.2. The quantitative estimate of drug-likeness (QED) is 0.120. The van der Waals surface area contributed by atoms with Crippen molar-refractivity contribution in [1.29, 1.82) is 0 Å². The third-order valence-corrected chi connectivity index (χ3v) is 16.9. The van der Waals surface area contributed by atoms with Crippen molar-refractivity contribution in [2.24, 2.45) is 0 Å². The molecular formula is C80H48N8. The largest absolute Gasteiger partial charge is 0.255 e. The SMILES string of the molecule is c1ccc(-c2cccc(-c3ccc(-c4ccc5ccc6c(-c7ccc8ccccc8c7)c7ccccc7nc6c5n4)cc3)n2)nc1.c1ccc2cc(-c3c4ccccc4nc4c3ccc3ccc(-c5ccc6ccc7cccnc7c6n5)nc34)ccc2c1. The van der Waals surface area contributed by atoms with Crippen LogP contribution in [-0.4, -0.2) is 39.9 Å². The monoisotopic (exact) mass is 1120 g/mol. The topological polar surface area (TPSA) is 103 Å². The smallest absolute Gasteiger partial charge is 0.0978 e. The number of aromatic nitrogens is 8. The van der Waals surface area contributed by atoms with Gasteiger partial charge in [-0.15, -0.1) is 0 Å². The van der Waals surface area contributed by atoms with Gasteiger partial charge in [0.25, 0.3) is 0 Å². The Morgan fingerprint density at radius 2 is 0.568 bits per heavy atom. The van der Waals surface area contributed by atoms with E-state index in [4.69, 9.17) is 29.9 Å². The molecular weight excluding hydrogens is 1070 g/mol. The first-order valence-corrected chi connectivity index (χ1v) is 29.5. The molecule has 0 saturated heterocycles. The van der Waals surface area contributed by atoms with Crippen LogP contribution in [0.4, 0.5) is 0 Å². The van der Waals surface area contributed by atoms with Gasteiger partial charge >= 0.3 is 0 Å². The van der Waals surface area contributed by atoms with Crippen molar-refractivity contribution in [3.63, 3.8) is 0 Å². The minimum absolute atomic E-state index is 0.812. The zero-order chi connectivity index (χ0) is 58.1. The summed E-state index contributed by atoms with van der Waals surface area (Å²) in [4.78, 5) is 39.9. The maximum Gasteiger partial charge on any atom is 0.0978 e. The zero-order valence-electron chi connectivity index (χ0n) is 47.3. The molecule has 0 unspecified atom stereocenters. The third-order valence-electron chi connectivity index (χ3n) is 16.9. The number of para-hydroxylation sites is 2. The lowest BCUT2D eigenvalue weighted by Gasteiger charge is -2.14. The summed E-state index contributed by atoms with van der Waals surface area (Å²) < 4.78 is 0. The van der Waals surface area contributed by atoms with E-state index in [2.05, 4.69) is 228 Å². The lowest BCUT2D eigenvalue weighted by atomic mass is 9.93. The average molecular weight is 1120 g/mol. The van der Waals surface area contributed by atoms with Crippen molar-refractivity contribution in [3.05, 3.63) is 291 Å². The van der Waals surface area contributed by atoms with Crippen LogP contribution in [0.1, 0.15) is 0 Å². The lowest BCUT2D eigenvalue weighted by Crippen LogP contribution is -1.94. The molecule has 18 rings (SSSR count). The van der Waals surface area contributed by atoms with Gasteiger partial charge in [-0.1, -0.05) is 206 Å². The van der Waals surface area contributed by atoms with E-state index in [0.717, 1.165) is 133 Å². The van der Waals surface area contributed by atoms with Gasteiger partial charge in [-0.2, -0.15) is 0 Å². The highest BCUT2D eigenvalue weighted by Crippen LogP contribution is 2.41. The Morgan fingerprint density at radius 3 is 1.14 bits per heavy atom. The molecule has 8 heteroatoms. The number of pyridine rings is 8. The van der Waals surface area contributed by atoms with E-state index >= 15 is 0 Å². The summed E-state index contributed by atoms with van der Waals surface area (Å²) in [5.74, 6) is 0. The molecule has 8 aromatic heterocycles. The molecule has 8 nitrogen and oxygen atoms in total. The van der Waals surface area contributed by atoms with Gasteiger partial charge in [-0.05, 0) is 105 Å². The van der Waals surface area contributed by atoms with Crippen LogP contribution in [0.25, 0.3) is 176 Å². The highest BCUT2D eigenvalue weighted by Gasteiger charge is 2.19. The highest BCUT2D eigenvalue weighted by atomic mass is 14.8. The fourth-order valence-electron chi connectivity index (χ4n) is 12.6. The first-order chi connectivity index (χ1) is 43.6. The summed E-state index contributed by atoms with van der Waals surface area (Å²) in [5, 5.41) is 13.6. The fraction of sp³-hybridized carbons (Fsp3) is 0. The Kier molecular flexibility index (Phi) is 12.0. The minimum atomic E-state index is 0.812. The van der Waals surface area contributed by atoms with Gasteiger partial charge < -0.3 is 0 Å². The van der Waals surface area contributed by atoms with Gasteiger partial charge in [-0.25, -0.2) is 29.9 Å². The Balaban J connectivity index is 0.000000137. The van der Waals surface area contributed by atoms with Crippen molar-refractivity contribution >= 4 is 109 Å². The van der Waals surface area contributed by atoms with Crippen LogP contribution in [0.5, 0.6) is 0 Å². The molecule has 0 aliphatic rings. The van der Waals surface area contributed by atoms with Gasteiger partial charge in [0.05, 0.1) is 78.3 Å². The standard InChI is InChI=1S/C42H26N4.C38H22N4/c1-2-9-31-26-32(20-15-27(31)8-1)40-33-10-3-4-11-37(33)46-42-34(40)23-21-30-22-24-36(45-41(30)42)29-18-16-28(17-19-29)35-13-7-14-39(44-35)38-12-5-6-25-43-38;1-2-7-27-22-28(14-11-23(27)6-1)34-29-9-3-4-10-31(29)40-38-30(34)18-15-26-17-20-33(42-37(26)38)32-19-16-25-13-12-24-8-5-21-39-35(24)36(25)41-32/h1-26H;1-22H. The van der Waals surface area contributed by atoms with Crippen LogP contribution < -0.4 is 0 Å². The van der Waals surface area contributed by atoms with Crippen LogP contribution in [0.2, 0.25) is 0 Å². The van der Waals surface area contributed by atoms with E-state index in [1.54, 1.807) is 6.20 Å². The van der Waals surface area contributed by atoms with Crippen molar-refractivity contribution in [3.8, 4) is 67.5 Å². The molecule has 0 bridgehead atoms. The van der Waals surface area contributed by atoms with Gasteiger partial charge in [0.15, 0.2) is 0 Å². The Bertz CT molecular complexity index is 5830. The van der Waals surface area contributed by atoms with Gasteiger partial charge in [-0.3, -0.25) is 9.97 Å². The van der Waals surface area contributed by atoms with E-state index in [9.17, 15) is 0 Å². The molecule has 0 aliphatic heterocycles. The van der Waals surface area contributed by atoms with E-state index in [1.165, 1.54) is 43.8 Å². The van der Waals surface area contributed by atoms with E-state index in [1.807, 2.05) is 66.9 Å². The Hall–Kier alpha value is -12.0. The molecule has 0 fully saturated rings. The summed E-state index contributed by atoms with van der Waals surface area (Å²) in [6.07, 6.45) is 3.61. The van der Waals surface area contributed by atoms with Crippen LogP contribution in [0.3, 0.4) is 0 Å². The second-order valence-corrected chi connectivity index (χ2v) is 22.2. The van der Waals surface area contributed by atoms with Gasteiger partial charge in [0.1, 0.15) is 0 Å². The van der Waals surface area contributed by atoms with Crippen LogP contribution in [0, 0.1) is 0 Å². The van der Waals surface area contributed by atoms with Gasteiger partial charge in [0, 0.05) is 77.7 Å². The predicted molar refractivity (Wildman–Crippen MR) is 363 cm³/mol. The number of hydrogen-bond acceptors (Lipinski definition) is 8. The molecule has 0 saturated carbocycles. The summed E-state index contributed by atoms with van der Waals surface area (Å²) in [6.45, 7) is 0. The Labute approximate surface area is 504 Å². The highest BCUT2D eigenvalue weighted by molar-refractivity contribution is 6.18. The molecule has 8 heterocycles. The molecule has 18 aromatic rings.